The zero-order valence-corrected chi connectivity index (χ0v) is 14.3. The highest BCUT2D eigenvalue weighted by atomic mass is 16.6. The summed E-state index contributed by atoms with van der Waals surface area (Å²) in [6, 6.07) is 0.566. The maximum absolute atomic E-state index is 11.9. The van der Waals surface area contributed by atoms with Crippen LogP contribution in [0.4, 0.5) is 0 Å². The topological polar surface area (TPSA) is 55.8 Å². The highest BCUT2D eigenvalue weighted by molar-refractivity contribution is 5.73. The summed E-state index contributed by atoms with van der Waals surface area (Å²) in [5, 5.41) is 0. The second kappa shape index (κ2) is 6.99. The van der Waals surface area contributed by atoms with Crippen LogP contribution in [0.15, 0.2) is 0 Å². The van der Waals surface area contributed by atoms with Crippen molar-refractivity contribution in [1.29, 1.82) is 0 Å². The first kappa shape index (κ1) is 17.3. The highest BCUT2D eigenvalue weighted by Gasteiger charge is 2.38. The molecule has 0 amide bonds. The number of likely N-dealkylation sites (tertiary alicyclic amines) is 1. The van der Waals surface area contributed by atoms with Crippen molar-refractivity contribution in [3.63, 3.8) is 0 Å². The van der Waals surface area contributed by atoms with E-state index in [-0.39, 0.29) is 17.9 Å². The van der Waals surface area contributed by atoms with Crippen LogP contribution in [0, 0.1) is 11.8 Å². The summed E-state index contributed by atoms with van der Waals surface area (Å²) < 4.78 is 10.2. The summed E-state index contributed by atoms with van der Waals surface area (Å²) in [5.41, 5.74) is -0.394. The van der Waals surface area contributed by atoms with Gasteiger partial charge in [0.05, 0.1) is 13.0 Å². The Morgan fingerprint density at radius 1 is 1.09 bits per heavy atom. The molecular formula is C17H29NO4. The van der Waals surface area contributed by atoms with Crippen LogP contribution in [-0.2, 0) is 19.1 Å². The molecule has 0 aromatic rings. The molecule has 5 heteroatoms. The molecule has 1 saturated carbocycles. The van der Waals surface area contributed by atoms with Gasteiger partial charge in [-0.15, -0.1) is 0 Å². The highest BCUT2D eigenvalue weighted by Crippen LogP contribution is 2.33. The fraction of sp³-hybridized carbons (Fsp3) is 0.882. The summed E-state index contributed by atoms with van der Waals surface area (Å²) in [6.07, 6.45) is 4.91. The third kappa shape index (κ3) is 4.70. The molecule has 0 bridgehead atoms. The van der Waals surface area contributed by atoms with E-state index in [2.05, 4.69) is 4.90 Å². The third-order valence-electron chi connectivity index (χ3n) is 4.65. The molecule has 0 spiro atoms. The lowest BCUT2D eigenvalue weighted by Crippen LogP contribution is -2.55. The van der Waals surface area contributed by atoms with Gasteiger partial charge in [-0.25, -0.2) is 0 Å². The standard InChI is InChI=1S/C17H29NO4/c1-17(2,3)22-15(19)9-12-5-7-14(8-6-12)18-10-13(11-18)16(20)21-4/h12-14H,5-11H2,1-4H3. The van der Waals surface area contributed by atoms with Gasteiger partial charge in [0.25, 0.3) is 0 Å². The molecule has 2 rings (SSSR count). The van der Waals surface area contributed by atoms with E-state index in [1.165, 1.54) is 7.11 Å². The zero-order valence-electron chi connectivity index (χ0n) is 14.3. The number of hydrogen-bond donors (Lipinski definition) is 0. The zero-order chi connectivity index (χ0) is 16.3. The van der Waals surface area contributed by atoms with E-state index < -0.39 is 5.60 Å². The van der Waals surface area contributed by atoms with Crippen LogP contribution in [0.3, 0.4) is 0 Å². The Labute approximate surface area is 133 Å². The minimum atomic E-state index is -0.394. The number of rotatable bonds is 4. The largest absolute Gasteiger partial charge is 0.469 e. The normalized spacial score (nSPS) is 27.1. The quantitative estimate of drug-likeness (QED) is 0.746. The molecule has 1 aliphatic heterocycles. The van der Waals surface area contributed by atoms with Crippen molar-refractivity contribution >= 4 is 11.9 Å². The molecule has 2 aliphatic rings. The van der Waals surface area contributed by atoms with E-state index in [1.54, 1.807) is 0 Å². The SMILES string of the molecule is COC(=O)C1CN(C2CCC(CC(=O)OC(C)(C)C)CC2)C1. The van der Waals surface area contributed by atoms with E-state index in [9.17, 15) is 9.59 Å². The molecule has 1 aliphatic carbocycles. The van der Waals surface area contributed by atoms with Gasteiger partial charge in [-0.05, 0) is 52.4 Å². The van der Waals surface area contributed by atoms with Gasteiger partial charge in [0.15, 0.2) is 0 Å². The maximum Gasteiger partial charge on any atom is 0.311 e. The molecule has 126 valence electrons. The lowest BCUT2D eigenvalue weighted by Gasteiger charge is -2.45. The fourth-order valence-corrected chi connectivity index (χ4v) is 3.46. The van der Waals surface area contributed by atoms with Crippen LogP contribution in [0.25, 0.3) is 0 Å². The Morgan fingerprint density at radius 2 is 1.68 bits per heavy atom. The molecule has 0 radical (unpaired) electrons. The molecule has 5 nitrogen and oxygen atoms in total. The number of methoxy groups -OCH3 is 1. The molecule has 0 unspecified atom stereocenters. The lowest BCUT2D eigenvalue weighted by atomic mass is 9.81. The van der Waals surface area contributed by atoms with E-state index >= 15 is 0 Å². The van der Waals surface area contributed by atoms with Crippen LogP contribution in [0.5, 0.6) is 0 Å². The molecule has 1 saturated heterocycles. The van der Waals surface area contributed by atoms with Gasteiger partial charge in [0.1, 0.15) is 5.60 Å². The van der Waals surface area contributed by atoms with Gasteiger partial charge in [-0.2, -0.15) is 0 Å². The third-order valence-corrected chi connectivity index (χ3v) is 4.65. The van der Waals surface area contributed by atoms with E-state index in [0.717, 1.165) is 38.8 Å². The first-order chi connectivity index (χ1) is 10.3. The monoisotopic (exact) mass is 311 g/mol. The first-order valence-electron chi connectivity index (χ1n) is 8.32. The second-order valence-corrected chi connectivity index (χ2v) is 7.64. The number of nitrogens with zero attached hydrogens (tertiary/aromatic N) is 1. The van der Waals surface area contributed by atoms with Crippen LogP contribution in [0.1, 0.15) is 52.9 Å². The van der Waals surface area contributed by atoms with Crippen molar-refractivity contribution < 1.29 is 19.1 Å². The molecule has 0 aromatic heterocycles. The summed E-state index contributed by atoms with van der Waals surface area (Å²) >= 11 is 0. The van der Waals surface area contributed by atoms with Crippen molar-refractivity contribution in [2.75, 3.05) is 20.2 Å². The minimum Gasteiger partial charge on any atom is -0.469 e. The summed E-state index contributed by atoms with van der Waals surface area (Å²) in [6.45, 7) is 7.37. The fourth-order valence-electron chi connectivity index (χ4n) is 3.46. The van der Waals surface area contributed by atoms with E-state index in [0.29, 0.717) is 18.4 Å². The summed E-state index contributed by atoms with van der Waals surface area (Å²) in [5.74, 6) is 0.341. The molecule has 0 atom stereocenters. The van der Waals surface area contributed by atoms with E-state index in [4.69, 9.17) is 9.47 Å². The summed E-state index contributed by atoms with van der Waals surface area (Å²) in [4.78, 5) is 25.7. The molecule has 22 heavy (non-hydrogen) atoms. The number of ether oxygens (including phenoxy) is 2. The Morgan fingerprint density at radius 3 is 2.18 bits per heavy atom. The number of carbonyl (C=O) groups is 2. The molecular weight excluding hydrogens is 282 g/mol. The Hall–Kier alpha value is -1.10. The van der Waals surface area contributed by atoms with Crippen LogP contribution in [0.2, 0.25) is 0 Å². The van der Waals surface area contributed by atoms with Gasteiger partial charge in [0.2, 0.25) is 0 Å². The second-order valence-electron chi connectivity index (χ2n) is 7.64. The average molecular weight is 311 g/mol. The van der Waals surface area contributed by atoms with Crippen LogP contribution < -0.4 is 0 Å². The van der Waals surface area contributed by atoms with Crippen molar-refractivity contribution in [2.24, 2.45) is 11.8 Å². The van der Waals surface area contributed by atoms with Gasteiger partial charge >= 0.3 is 11.9 Å². The van der Waals surface area contributed by atoms with Gasteiger partial charge in [0, 0.05) is 25.6 Å². The average Bonchev–Trinajstić information content (AvgIpc) is 2.36. The lowest BCUT2D eigenvalue weighted by molar-refractivity contribution is -0.157. The Kier molecular flexibility index (Phi) is 5.48. The molecule has 0 N–H and O–H groups in total. The van der Waals surface area contributed by atoms with Crippen molar-refractivity contribution in [1.82, 2.24) is 4.90 Å². The van der Waals surface area contributed by atoms with Crippen molar-refractivity contribution in [2.45, 2.75) is 64.5 Å². The first-order valence-corrected chi connectivity index (χ1v) is 8.32. The van der Waals surface area contributed by atoms with E-state index in [1.807, 2.05) is 20.8 Å². The van der Waals surface area contributed by atoms with Crippen LogP contribution >= 0.6 is 0 Å². The Bertz CT molecular complexity index is 401. The smallest absolute Gasteiger partial charge is 0.311 e. The molecule has 1 heterocycles. The number of hydrogen-bond acceptors (Lipinski definition) is 5. The van der Waals surface area contributed by atoms with Gasteiger partial charge in [-0.3, -0.25) is 14.5 Å². The van der Waals surface area contributed by atoms with Crippen molar-refractivity contribution in [3.8, 4) is 0 Å². The molecule has 0 aromatic carbocycles. The number of esters is 2. The molecule has 2 fully saturated rings. The summed E-state index contributed by atoms with van der Waals surface area (Å²) in [7, 11) is 1.45. The van der Waals surface area contributed by atoms with Gasteiger partial charge < -0.3 is 9.47 Å². The maximum atomic E-state index is 11.9. The predicted octanol–water partition coefficient (Wildman–Crippen LogP) is 2.38. The van der Waals surface area contributed by atoms with Crippen LogP contribution in [-0.4, -0.2) is 48.7 Å². The van der Waals surface area contributed by atoms with Gasteiger partial charge in [-0.1, -0.05) is 0 Å². The predicted molar refractivity (Wildman–Crippen MR) is 83.3 cm³/mol. The minimum absolute atomic E-state index is 0.0597. The number of carbonyl (C=O) groups excluding carboxylic acids is 2. The Balaban J connectivity index is 1.67. The van der Waals surface area contributed by atoms with Crippen molar-refractivity contribution in [3.05, 3.63) is 0 Å².